The molecule has 2 heteroatoms. The zero-order valence-corrected chi connectivity index (χ0v) is 35.5. The Hall–Kier alpha value is -7.94. The Morgan fingerprint density at radius 2 is 0.778 bits per heavy atom. The molecule has 300 valence electrons. The Morgan fingerprint density at radius 1 is 0.302 bits per heavy atom. The van der Waals surface area contributed by atoms with Gasteiger partial charge in [-0.3, -0.25) is 0 Å². The number of fused-ring (bicyclic) bond motifs is 4. The first-order chi connectivity index (χ1) is 31.0. The van der Waals surface area contributed by atoms with Crippen LogP contribution in [0.5, 0.6) is 0 Å². The van der Waals surface area contributed by atoms with Crippen LogP contribution in [0.3, 0.4) is 0 Å². The maximum Gasteiger partial charge on any atom is 0.0546 e. The summed E-state index contributed by atoms with van der Waals surface area (Å²) in [4.78, 5) is 4.81. The lowest BCUT2D eigenvalue weighted by Crippen LogP contribution is -2.16. The second kappa shape index (κ2) is 15.8. The predicted octanol–water partition coefficient (Wildman–Crippen LogP) is 17.1. The van der Waals surface area contributed by atoms with Gasteiger partial charge in [0.2, 0.25) is 0 Å². The molecule has 0 bridgehead atoms. The third-order valence-electron chi connectivity index (χ3n) is 12.8. The van der Waals surface area contributed by atoms with Crippen LogP contribution in [-0.2, 0) is 5.41 Å². The highest BCUT2D eigenvalue weighted by atomic mass is 15.2. The predicted molar refractivity (Wildman–Crippen MR) is 267 cm³/mol. The van der Waals surface area contributed by atoms with Gasteiger partial charge < -0.3 is 9.80 Å². The third-order valence-corrected chi connectivity index (χ3v) is 12.8. The van der Waals surface area contributed by atoms with Crippen molar-refractivity contribution >= 4 is 44.9 Å². The van der Waals surface area contributed by atoms with Crippen molar-refractivity contribution in [3.8, 4) is 44.5 Å². The third kappa shape index (κ3) is 6.77. The molecule has 0 atom stereocenters. The first-order valence-electron chi connectivity index (χ1n) is 21.8. The zero-order chi connectivity index (χ0) is 42.3. The molecule has 0 saturated carbocycles. The van der Waals surface area contributed by atoms with Crippen molar-refractivity contribution in [2.75, 3.05) is 9.80 Å². The lowest BCUT2D eigenvalue weighted by atomic mass is 9.82. The molecule has 0 radical (unpaired) electrons. The first kappa shape index (κ1) is 38.0. The van der Waals surface area contributed by atoms with Crippen molar-refractivity contribution in [1.29, 1.82) is 0 Å². The second-order valence-corrected chi connectivity index (χ2v) is 16.9. The van der Waals surface area contributed by atoms with Gasteiger partial charge in [0.1, 0.15) is 0 Å². The van der Waals surface area contributed by atoms with Gasteiger partial charge in [-0.15, -0.1) is 0 Å². The van der Waals surface area contributed by atoms with Crippen LogP contribution in [0.2, 0.25) is 0 Å². The first-order valence-corrected chi connectivity index (χ1v) is 21.8. The van der Waals surface area contributed by atoms with Gasteiger partial charge in [-0.25, -0.2) is 0 Å². The molecule has 10 aromatic rings. The van der Waals surface area contributed by atoms with Gasteiger partial charge in [-0.2, -0.15) is 0 Å². The lowest BCUT2D eigenvalue weighted by Gasteiger charge is -2.29. The van der Waals surface area contributed by atoms with Crippen LogP contribution >= 0.6 is 0 Å². The molecule has 0 amide bonds. The quantitative estimate of drug-likeness (QED) is 0.143. The summed E-state index contributed by atoms with van der Waals surface area (Å²) in [6.07, 6.45) is 0. The fourth-order valence-electron chi connectivity index (χ4n) is 9.77. The molecular formula is C61H46N2. The van der Waals surface area contributed by atoms with Gasteiger partial charge in [0.05, 0.1) is 11.4 Å². The van der Waals surface area contributed by atoms with Crippen LogP contribution in [0.1, 0.15) is 25.0 Å². The molecule has 10 aromatic carbocycles. The summed E-state index contributed by atoms with van der Waals surface area (Å²) in [6.45, 7) is 4.69. The van der Waals surface area contributed by atoms with Crippen molar-refractivity contribution in [3.05, 3.63) is 254 Å². The van der Waals surface area contributed by atoms with E-state index in [2.05, 4.69) is 266 Å². The van der Waals surface area contributed by atoms with Crippen LogP contribution in [0, 0.1) is 0 Å². The largest absolute Gasteiger partial charge is 0.310 e. The molecule has 0 aromatic heterocycles. The van der Waals surface area contributed by atoms with E-state index in [0.29, 0.717) is 0 Å². The van der Waals surface area contributed by atoms with E-state index < -0.39 is 0 Å². The van der Waals surface area contributed by atoms with Crippen molar-refractivity contribution in [2.24, 2.45) is 0 Å². The lowest BCUT2D eigenvalue weighted by molar-refractivity contribution is 0.660. The van der Waals surface area contributed by atoms with Gasteiger partial charge in [0, 0.05) is 39.3 Å². The average Bonchev–Trinajstić information content (AvgIpc) is 3.59. The summed E-state index contributed by atoms with van der Waals surface area (Å²) in [5.74, 6) is 0. The minimum Gasteiger partial charge on any atom is -0.310 e. The van der Waals surface area contributed by atoms with Crippen molar-refractivity contribution in [2.45, 2.75) is 19.3 Å². The SMILES string of the molecule is CC1(C)c2ccccc2-c2c(N(c3ccccc3)c3ccc(-c4ccc(-c5cccc(N(c6ccccc6)c6ccc7ccccc7c6-c6ccccc6)c5)cc4)cc3)cccc21. The summed E-state index contributed by atoms with van der Waals surface area (Å²) in [7, 11) is 0. The maximum absolute atomic E-state index is 2.41. The topological polar surface area (TPSA) is 6.48 Å². The molecule has 0 aliphatic heterocycles. The molecule has 0 saturated heterocycles. The van der Waals surface area contributed by atoms with E-state index in [9.17, 15) is 0 Å². The van der Waals surface area contributed by atoms with Crippen LogP contribution in [0.25, 0.3) is 55.3 Å². The minimum atomic E-state index is -0.0773. The monoisotopic (exact) mass is 806 g/mol. The number of benzene rings is 10. The molecule has 0 spiro atoms. The molecule has 0 unspecified atom stereocenters. The number of rotatable bonds is 9. The van der Waals surface area contributed by atoms with E-state index in [0.717, 1.165) is 34.0 Å². The molecule has 1 aliphatic rings. The van der Waals surface area contributed by atoms with Crippen molar-refractivity contribution in [1.82, 2.24) is 0 Å². The van der Waals surface area contributed by atoms with Crippen LogP contribution in [0.4, 0.5) is 34.1 Å². The fourth-order valence-corrected chi connectivity index (χ4v) is 9.77. The standard InChI is InChI=1S/C61H46N2/c1-61(2)55-29-15-14-28-54(55)60-56(61)30-17-31-57(60)62(49-22-8-4-9-23-49)51-39-36-44(37-40-51)43-32-34-45(35-33-43)48-21-16-26-52(42-48)63(50-24-10-5-11-25-50)58-41-38-46-18-12-13-27-53(46)59(58)47-19-6-3-7-20-47/h3-42H,1-2H3. The summed E-state index contributed by atoms with van der Waals surface area (Å²) >= 11 is 0. The number of hydrogen-bond donors (Lipinski definition) is 0. The highest BCUT2D eigenvalue weighted by molar-refractivity contribution is 6.05. The van der Waals surface area contributed by atoms with Crippen LogP contribution < -0.4 is 9.80 Å². The molecule has 63 heavy (non-hydrogen) atoms. The summed E-state index contributed by atoms with van der Waals surface area (Å²) in [6, 6.07) is 88.1. The van der Waals surface area contributed by atoms with Crippen LogP contribution in [0.15, 0.2) is 243 Å². The maximum atomic E-state index is 2.41. The molecule has 0 fully saturated rings. The van der Waals surface area contributed by atoms with Crippen molar-refractivity contribution < 1.29 is 0 Å². The number of para-hydroxylation sites is 2. The Labute approximate surface area is 370 Å². The molecule has 0 heterocycles. The minimum absolute atomic E-state index is 0.0773. The molecule has 2 nitrogen and oxygen atoms in total. The smallest absolute Gasteiger partial charge is 0.0546 e. The highest BCUT2D eigenvalue weighted by Gasteiger charge is 2.37. The van der Waals surface area contributed by atoms with E-state index in [-0.39, 0.29) is 5.41 Å². The zero-order valence-electron chi connectivity index (χ0n) is 35.5. The second-order valence-electron chi connectivity index (χ2n) is 16.9. The molecule has 1 aliphatic carbocycles. The van der Waals surface area contributed by atoms with Gasteiger partial charge in [0.25, 0.3) is 0 Å². The van der Waals surface area contributed by atoms with Gasteiger partial charge in [0.15, 0.2) is 0 Å². The van der Waals surface area contributed by atoms with Gasteiger partial charge in [-0.05, 0) is 116 Å². The van der Waals surface area contributed by atoms with E-state index in [1.54, 1.807) is 0 Å². The molecule has 0 N–H and O–H groups in total. The van der Waals surface area contributed by atoms with E-state index in [4.69, 9.17) is 0 Å². The van der Waals surface area contributed by atoms with Crippen molar-refractivity contribution in [3.63, 3.8) is 0 Å². The van der Waals surface area contributed by atoms with E-state index >= 15 is 0 Å². The Bertz CT molecular complexity index is 3230. The highest BCUT2D eigenvalue weighted by Crippen LogP contribution is 2.54. The Balaban J connectivity index is 0.939. The number of anilines is 6. The molecular weight excluding hydrogens is 761 g/mol. The number of nitrogens with zero attached hydrogens (tertiary/aromatic N) is 2. The van der Waals surface area contributed by atoms with Gasteiger partial charge >= 0.3 is 0 Å². The van der Waals surface area contributed by atoms with Gasteiger partial charge in [-0.1, -0.05) is 196 Å². The summed E-state index contributed by atoms with van der Waals surface area (Å²) in [5.41, 5.74) is 19.2. The van der Waals surface area contributed by atoms with Crippen LogP contribution in [-0.4, -0.2) is 0 Å². The summed E-state index contributed by atoms with van der Waals surface area (Å²) in [5, 5.41) is 2.45. The number of hydrogen-bond acceptors (Lipinski definition) is 2. The molecule has 11 rings (SSSR count). The fraction of sp³-hybridized carbons (Fsp3) is 0.0492. The summed E-state index contributed by atoms with van der Waals surface area (Å²) < 4.78 is 0. The Morgan fingerprint density at radius 3 is 1.48 bits per heavy atom. The van der Waals surface area contributed by atoms with E-state index in [1.807, 2.05) is 0 Å². The average molecular weight is 807 g/mol. The normalized spacial score (nSPS) is 12.4. The Kier molecular flexibility index (Phi) is 9.55. The van der Waals surface area contributed by atoms with E-state index in [1.165, 1.54) is 66.5 Å².